The molecule has 2 aromatic rings. The summed E-state index contributed by atoms with van der Waals surface area (Å²) in [5, 5.41) is 0. The maximum Gasteiger partial charge on any atom is 0.243 e. The maximum absolute atomic E-state index is 12.8. The summed E-state index contributed by atoms with van der Waals surface area (Å²) < 4.78 is 26.7. The van der Waals surface area contributed by atoms with E-state index in [0.29, 0.717) is 5.56 Å². The molecule has 2 aromatic carbocycles. The van der Waals surface area contributed by atoms with Crippen LogP contribution in [0.15, 0.2) is 47.4 Å². The molecule has 0 spiro atoms. The summed E-state index contributed by atoms with van der Waals surface area (Å²) in [6.45, 7) is 7.35. The van der Waals surface area contributed by atoms with Gasteiger partial charge in [0.25, 0.3) is 0 Å². The van der Waals surface area contributed by atoms with Crippen molar-refractivity contribution in [3.63, 3.8) is 0 Å². The van der Waals surface area contributed by atoms with Gasteiger partial charge in [-0.3, -0.25) is 4.79 Å². The van der Waals surface area contributed by atoms with E-state index in [9.17, 15) is 13.2 Å². The van der Waals surface area contributed by atoms with Crippen LogP contribution in [0.25, 0.3) is 0 Å². The second-order valence-electron chi connectivity index (χ2n) is 6.17. The van der Waals surface area contributed by atoms with E-state index < -0.39 is 16.1 Å². The minimum atomic E-state index is -3.73. The van der Waals surface area contributed by atoms with E-state index >= 15 is 0 Å². The molecule has 0 bridgehead atoms. The number of aryl methyl sites for hydroxylation is 3. The standard InChI is InChI=1S/C19H23NO3S/c1-13-6-9-17(10-7-13)19(21)16(4)20(5)24(22,23)18-11-8-14(2)15(3)12-18/h6-12,16H,1-5H3. The van der Waals surface area contributed by atoms with Gasteiger partial charge in [-0.15, -0.1) is 0 Å². The molecule has 0 radical (unpaired) electrons. The smallest absolute Gasteiger partial charge is 0.243 e. The highest BCUT2D eigenvalue weighted by atomic mass is 32.2. The predicted octanol–water partition coefficient (Wildman–Crippen LogP) is 3.50. The third-order valence-electron chi connectivity index (χ3n) is 4.42. The van der Waals surface area contributed by atoms with Crippen molar-refractivity contribution in [2.75, 3.05) is 7.05 Å². The summed E-state index contributed by atoms with van der Waals surface area (Å²) in [5.41, 5.74) is 3.49. The van der Waals surface area contributed by atoms with Crippen LogP contribution in [0.2, 0.25) is 0 Å². The third-order valence-corrected chi connectivity index (χ3v) is 6.34. The van der Waals surface area contributed by atoms with Crippen molar-refractivity contribution >= 4 is 15.8 Å². The Balaban J connectivity index is 2.31. The van der Waals surface area contributed by atoms with Gasteiger partial charge in [-0.25, -0.2) is 8.42 Å². The Kier molecular flexibility index (Phi) is 5.26. The summed E-state index contributed by atoms with van der Waals surface area (Å²) in [4.78, 5) is 12.8. The topological polar surface area (TPSA) is 54.5 Å². The van der Waals surface area contributed by atoms with Crippen LogP contribution in [-0.2, 0) is 10.0 Å². The molecule has 1 atom stereocenters. The molecule has 128 valence electrons. The molecule has 0 aromatic heterocycles. The number of ketones is 1. The van der Waals surface area contributed by atoms with Gasteiger partial charge in [0.05, 0.1) is 10.9 Å². The molecule has 0 N–H and O–H groups in total. The first kappa shape index (κ1) is 18.4. The fraction of sp³-hybridized carbons (Fsp3) is 0.316. The lowest BCUT2D eigenvalue weighted by Gasteiger charge is -2.23. The zero-order valence-corrected chi connectivity index (χ0v) is 15.5. The second kappa shape index (κ2) is 6.87. The van der Waals surface area contributed by atoms with E-state index in [2.05, 4.69) is 0 Å². The highest BCUT2D eigenvalue weighted by Crippen LogP contribution is 2.21. The Hall–Kier alpha value is -1.98. The molecule has 1 unspecified atom stereocenters. The van der Waals surface area contributed by atoms with Crippen molar-refractivity contribution in [1.82, 2.24) is 4.31 Å². The molecule has 2 rings (SSSR count). The lowest BCUT2D eigenvalue weighted by atomic mass is 10.0. The monoisotopic (exact) mass is 345 g/mol. The fourth-order valence-corrected chi connectivity index (χ4v) is 3.78. The molecule has 0 saturated heterocycles. The zero-order valence-electron chi connectivity index (χ0n) is 14.7. The molecular formula is C19H23NO3S. The number of sulfonamides is 1. The number of carbonyl (C=O) groups is 1. The number of carbonyl (C=O) groups excluding carboxylic acids is 1. The van der Waals surface area contributed by atoms with E-state index in [0.717, 1.165) is 21.0 Å². The van der Waals surface area contributed by atoms with Crippen molar-refractivity contribution in [2.24, 2.45) is 0 Å². The van der Waals surface area contributed by atoms with E-state index in [1.54, 1.807) is 37.3 Å². The zero-order chi connectivity index (χ0) is 18.1. The minimum Gasteiger partial charge on any atom is -0.292 e. The summed E-state index contributed by atoms with van der Waals surface area (Å²) in [6, 6.07) is 11.4. The summed E-state index contributed by atoms with van der Waals surface area (Å²) in [7, 11) is -2.28. The summed E-state index contributed by atoms with van der Waals surface area (Å²) >= 11 is 0. The van der Waals surface area contributed by atoms with Crippen LogP contribution in [0.1, 0.15) is 34.0 Å². The van der Waals surface area contributed by atoms with Crippen LogP contribution >= 0.6 is 0 Å². The minimum absolute atomic E-state index is 0.205. The Labute approximate surface area is 144 Å². The van der Waals surface area contributed by atoms with Crippen LogP contribution in [0.4, 0.5) is 0 Å². The average Bonchev–Trinajstić information content (AvgIpc) is 2.55. The van der Waals surface area contributed by atoms with Gasteiger partial charge in [-0.05, 0) is 51.0 Å². The summed E-state index contributed by atoms with van der Waals surface area (Å²) in [6.07, 6.45) is 0. The molecule has 0 heterocycles. The molecule has 0 aliphatic heterocycles. The SMILES string of the molecule is Cc1ccc(C(=O)C(C)N(C)S(=O)(=O)c2ccc(C)c(C)c2)cc1. The van der Waals surface area contributed by atoms with Gasteiger partial charge in [0.1, 0.15) is 0 Å². The number of nitrogens with zero attached hydrogens (tertiary/aromatic N) is 1. The Morgan fingerprint density at radius 3 is 2.08 bits per heavy atom. The quantitative estimate of drug-likeness (QED) is 0.779. The van der Waals surface area contributed by atoms with Gasteiger partial charge in [0.2, 0.25) is 10.0 Å². The molecule has 0 fully saturated rings. The van der Waals surface area contributed by atoms with Crippen molar-refractivity contribution < 1.29 is 13.2 Å². The van der Waals surface area contributed by atoms with Gasteiger partial charge in [0.15, 0.2) is 5.78 Å². The Bertz CT molecular complexity index is 855. The second-order valence-corrected chi connectivity index (χ2v) is 8.17. The molecule has 4 nitrogen and oxygen atoms in total. The van der Waals surface area contributed by atoms with Gasteiger partial charge in [-0.2, -0.15) is 4.31 Å². The van der Waals surface area contributed by atoms with Crippen LogP contribution in [-0.4, -0.2) is 31.6 Å². The molecule has 0 amide bonds. The highest BCUT2D eigenvalue weighted by Gasteiger charge is 2.30. The third kappa shape index (κ3) is 3.57. The molecule has 0 aliphatic rings. The Morgan fingerprint density at radius 2 is 1.54 bits per heavy atom. The van der Waals surface area contributed by atoms with Gasteiger partial charge < -0.3 is 0 Å². The Morgan fingerprint density at radius 1 is 0.958 bits per heavy atom. The predicted molar refractivity (Wildman–Crippen MR) is 95.8 cm³/mol. The van der Waals surface area contributed by atoms with Crippen molar-refractivity contribution in [2.45, 2.75) is 38.6 Å². The fourth-order valence-electron chi connectivity index (χ4n) is 2.37. The summed E-state index contributed by atoms with van der Waals surface area (Å²) in [5.74, 6) is -0.218. The lowest BCUT2D eigenvalue weighted by Crippen LogP contribution is -2.40. The number of hydrogen-bond acceptors (Lipinski definition) is 3. The number of hydrogen-bond donors (Lipinski definition) is 0. The number of likely N-dealkylation sites (N-methyl/N-ethyl adjacent to an activating group) is 1. The largest absolute Gasteiger partial charge is 0.292 e. The molecule has 24 heavy (non-hydrogen) atoms. The van der Waals surface area contributed by atoms with Crippen molar-refractivity contribution in [3.8, 4) is 0 Å². The molecule has 0 aliphatic carbocycles. The maximum atomic E-state index is 12.8. The molecule has 5 heteroatoms. The van der Waals surface area contributed by atoms with Crippen LogP contribution in [0.5, 0.6) is 0 Å². The van der Waals surface area contributed by atoms with Gasteiger partial charge in [-0.1, -0.05) is 35.9 Å². The molecule has 0 saturated carbocycles. The van der Waals surface area contributed by atoms with Gasteiger partial charge >= 0.3 is 0 Å². The van der Waals surface area contributed by atoms with Gasteiger partial charge in [0, 0.05) is 12.6 Å². The van der Waals surface area contributed by atoms with E-state index in [1.807, 2.05) is 32.9 Å². The van der Waals surface area contributed by atoms with E-state index in [4.69, 9.17) is 0 Å². The van der Waals surface area contributed by atoms with E-state index in [-0.39, 0.29) is 10.7 Å². The van der Waals surface area contributed by atoms with Crippen molar-refractivity contribution in [1.29, 1.82) is 0 Å². The normalized spacial score (nSPS) is 13.1. The first-order valence-electron chi connectivity index (χ1n) is 7.80. The average molecular weight is 345 g/mol. The van der Waals surface area contributed by atoms with Crippen LogP contribution in [0, 0.1) is 20.8 Å². The van der Waals surface area contributed by atoms with Crippen LogP contribution < -0.4 is 0 Å². The first-order valence-corrected chi connectivity index (χ1v) is 9.25. The lowest BCUT2D eigenvalue weighted by molar-refractivity contribution is 0.0919. The number of rotatable bonds is 5. The number of Topliss-reactive ketones (excluding diaryl/α,β-unsaturated/α-hetero) is 1. The van der Waals surface area contributed by atoms with Crippen LogP contribution in [0.3, 0.4) is 0 Å². The van der Waals surface area contributed by atoms with Crippen molar-refractivity contribution in [3.05, 3.63) is 64.7 Å². The highest BCUT2D eigenvalue weighted by molar-refractivity contribution is 7.89. The number of benzene rings is 2. The molecular weight excluding hydrogens is 322 g/mol. The first-order chi connectivity index (χ1) is 11.1. The van der Waals surface area contributed by atoms with E-state index in [1.165, 1.54) is 7.05 Å².